The number of sulfone groups is 1. The van der Waals surface area contributed by atoms with Gasteiger partial charge in [-0.2, -0.15) is 5.26 Å². The van der Waals surface area contributed by atoms with E-state index in [0.717, 1.165) is 41.9 Å². The van der Waals surface area contributed by atoms with Crippen molar-refractivity contribution in [1.82, 2.24) is 4.57 Å². The third-order valence-corrected chi connectivity index (χ3v) is 8.03. The van der Waals surface area contributed by atoms with Gasteiger partial charge in [0.25, 0.3) is 5.56 Å². The number of hydrogen-bond acceptors (Lipinski definition) is 7. The minimum absolute atomic E-state index is 0.0497. The second-order valence-corrected chi connectivity index (χ2v) is 10.6. The fourth-order valence-corrected chi connectivity index (χ4v) is 6.22. The minimum Gasteiger partial charge on any atom is -0.494 e. The maximum absolute atomic E-state index is 12.9. The van der Waals surface area contributed by atoms with Gasteiger partial charge < -0.3 is 10.0 Å². The van der Waals surface area contributed by atoms with Gasteiger partial charge in [0.2, 0.25) is 5.88 Å². The number of pyridine rings is 1. The van der Waals surface area contributed by atoms with Crippen LogP contribution in [0, 0.1) is 18.3 Å². The number of rotatable bonds is 4. The van der Waals surface area contributed by atoms with Crippen LogP contribution in [0.2, 0.25) is 0 Å². The molecule has 3 heterocycles. The lowest BCUT2D eigenvalue weighted by molar-refractivity contribution is 0.379. The third-order valence-electron chi connectivity index (χ3n) is 6.28. The lowest BCUT2D eigenvalue weighted by Gasteiger charge is -2.29. The molecule has 2 aliphatic rings. The maximum Gasteiger partial charge on any atom is 0.271 e. The van der Waals surface area contributed by atoms with Crippen LogP contribution in [0.5, 0.6) is 5.88 Å². The molecule has 0 amide bonds. The van der Waals surface area contributed by atoms with Crippen molar-refractivity contribution in [2.45, 2.75) is 38.6 Å². The molecule has 2 saturated heterocycles. The van der Waals surface area contributed by atoms with Gasteiger partial charge in [0.05, 0.1) is 34.5 Å². The summed E-state index contributed by atoms with van der Waals surface area (Å²) in [6, 6.07) is 8.95. The fourth-order valence-electron chi connectivity index (χ4n) is 4.52. The SMILES string of the molecule is Cc1c(C=Nc2ccccc2N2CCCCC2)c(O)n([C@@H]2CCS(=O)(=O)C2)c(=O)c1C#N. The van der Waals surface area contributed by atoms with Gasteiger partial charge in [-0.15, -0.1) is 0 Å². The summed E-state index contributed by atoms with van der Waals surface area (Å²) in [5, 5.41) is 20.5. The summed E-state index contributed by atoms with van der Waals surface area (Å²) in [6.07, 6.45) is 5.15. The van der Waals surface area contributed by atoms with Crippen LogP contribution in [0.25, 0.3) is 0 Å². The predicted octanol–water partition coefficient (Wildman–Crippen LogP) is 2.83. The van der Waals surface area contributed by atoms with Gasteiger partial charge in [-0.1, -0.05) is 12.1 Å². The predicted molar refractivity (Wildman–Crippen MR) is 124 cm³/mol. The number of aromatic hydroxyl groups is 1. The normalized spacial score (nSPS) is 20.5. The Morgan fingerprint density at radius 2 is 1.94 bits per heavy atom. The number of anilines is 1. The van der Waals surface area contributed by atoms with Gasteiger partial charge in [-0.05, 0) is 50.3 Å². The van der Waals surface area contributed by atoms with E-state index < -0.39 is 21.4 Å². The molecule has 0 saturated carbocycles. The van der Waals surface area contributed by atoms with E-state index >= 15 is 0 Å². The van der Waals surface area contributed by atoms with Crippen LogP contribution in [0.1, 0.15) is 48.4 Å². The zero-order chi connectivity index (χ0) is 22.9. The second-order valence-electron chi connectivity index (χ2n) is 8.38. The third kappa shape index (κ3) is 4.15. The Hall–Kier alpha value is -3.12. The summed E-state index contributed by atoms with van der Waals surface area (Å²) < 4.78 is 24.9. The van der Waals surface area contributed by atoms with Crippen molar-refractivity contribution in [3.05, 3.63) is 51.3 Å². The van der Waals surface area contributed by atoms with E-state index in [-0.39, 0.29) is 34.9 Å². The van der Waals surface area contributed by atoms with E-state index in [1.54, 1.807) is 6.92 Å². The summed E-state index contributed by atoms with van der Waals surface area (Å²) in [5.74, 6) is -0.637. The Labute approximate surface area is 187 Å². The van der Waals surface area contributed by atoms with E-state index in [1.807, 2.05) is 30.3 Å². The zero-order valence-corrected chi connectivity index (χ0v) is 18.8. The molecule has 168 valence electrons. The van der Waals surface area contributed by atoms with Gasteiger partial charge in [0, 0.05) is 19.3 Å². The Morgan fingerprint density at radius 3 is 2.59 bits per heavy atom. The Balaban J connectivity index is 1.78. The molecule has 4 rings (SSSR count). The minimum atomic E-state index is -3.29. The molecular formula is C23H26N4O4S. The number of benzene rings is 1. The first-order valence-corrected chi connectivity index (χ1v) is 12.6. The summed E-state index contributed by atoms with van der Waals surface area (Å²) in [7, 11) is -3.29. The summed E-state index contributed by atoms with van der Waals surface area (Å²) >= 11 is 0. The second kappa shape index (κ2) is 8.79. The molecule has 2 aromatic rings. The number of aliphatic imine (C=N–C) groups is 1. The number of piperidine rings is 1. The number of para-hydroxylation sites is 2. The molecule has 0 spiro atoms. The first kappa shape index (κ1) is 22.1. The zero-order valence-electron chi connectivity index (χ0n) is 18.0. The first-order valence-electron chi connectivity index (χ1n) is 10.8. The van der Waals surface area contributed by atoms with Crippen LogP contribution >= 0.6 is 0 Å². The molecule has 32 heavy (non-hydrogen) atoms. The van der Waals surface area contributed by atoms with Crippen LogP contribution in [0.3, 0.4) is 0 Å². The molecule has 0 unspecified atom stereocenters. The van der Waals surface area contributed by atoms with Crippen molar-refractivity contribution >= 4 is 27.4 Å². The smallest absolute Gasteiger partial charge is 0.271 e. The van der Waals surface area contributed by atoms with Gasteiger partial charge in [0.15, 0.2) is 9.84 Å². The fraction of sp³-hybridized carbons (Fsp3) is 0.435. The highest BCUT2D eigenvalue weighted by Gasteiger charge is 2.33. The van der Waals surface area contributed by atoms with Crippen LogP contribution < -0.4 is 10.5 Å². The molecule has 1 aromatic heterocycles. The van der Waals surface area contributed by atoms with Gasteiger partial charge in [-0.25, -0.2) is 8.42 Å². The van der Waals surface area contributed by atoms with Gasteiger partial charge >= 0.3 is 0 Å². The Kier molecular flexibility index (Phi) is 6.07. The van der Waals surface area contributed by atoms with Crippen molar-refractivity contribution in [3.8, 4) is 11.9 Å². The number of aromatic nitrogens is 1. The summed E-state index contributed by atoms with van der Waals surface area (Å²) in [5.41, 5.74) is 1.52. The topological polar surface area (TPSA) is 116 Å². The average molecular weight is 455 g/mol. The van der Waals surface area contributed by atoms with Crippen LogP contribution in [0.4, 0.5) is 11.4 Å². The molecule has 0 aliphatic carbocycles. The molecule has 0 radical (unpaired) electrons. The first-order chi connectivity index (χ1) is 15.3. The highest BCUT2D eigenvalue weighted by molar-refractivity contribution is 7.91. The average Bonchev–Trinajstić information content (AvgIpc) is 3.14. The van der Waals surface area contributed by atoms with Crippen molar-refractivity contribution in [3.63, 3.8) is 0 Å². The van der Waals surface area contributed by atoms with Crippen LogP contribution in [0.15, 0.2) is 34.1 Å². The number of nitrogens with zero attached hydrogens (tertiary/aromatic N) is 4. The highest BCUT2D eigenvalue weighted by Crippen LogP contribution is 2.32. The van der Waals surface area contributed by atoms with E-state index in [0.29, 0.717) is 5.56 Å². The molecule has 2 fully saturated rings. The number of hydrogen-bond donors (Lipinski definition) is 1. The molecule has 9 heteroatoms. The Bertz CT molecular complexity index is 1270. The Morgan fingerprint density at radius 1 is 1.22 bits per heavy atom. The standard InChI is InChI=1S/C23H26N4O4S/c1-16-18(13-24)22(28)27(17-9-12-32(30,31)15-17)23(29)19(16)14-25-20-7-3-4-8-21(20)26-10-5-2-6-11-26/h3-4,7-8,14,17,29H,2,5-6,9-12,15H2,1H3/t17-/m1/s1. The molecule has 1 N–H and O–H groups in total. The molecule has 8 nitrogen and oxygen atoms in total. The van der Waals surface area contributed by atoms with Gasteiger partial charge in [0.1, 0.15) is 11.6 Å². The lowest BCUT2D eigenvalue weighted by Crippen LogP contribution is -2.29. The van der Waals surface area contributed by atoms with Crippen molar-refractivity contribution in [1.29, 1.82) is 5.26 Å². The molecule has 2 aliphatic heterocycles. The highest BCUT2D eigenvalue weighted by atomic mass is 32.2. The molecule has 0 bridgehead atoms. The van der Waals surface area contributed by atoms with Crippen molar-refractivity contribution in [2.24, 2.45) is 4.99 Å². The monoisotopic (exact) mass is 454 g/mol. The maximum atomic E-state index is 12.9. The van der Waals surface area contributed by atoms with Crippen molar-refractivity contribution in [2.75, 3.05) is 29.5 Å². The number of nitriles is 1. The summed E-state index contributed by atoms with van der Waals surface area (Å²) in [6.45, 7) is 3.50. The van der Waals surface area contributed by atoms with E-state index in [1.165, 1.54) is 12.6 Å². The molecular weight excluding hydrogens is 428 g/mol. The largest absolute Gasteiger partial charge is 0.494 e. The quantitative estimate of drug-likeness (QED) is 0.710. The lowest BCUT2D eigenvalue weighted by atomic mass is 10.0. The van der Waals surface area contributed by atoms with Crippen LogP contribution in [-0.4, -0.2) is 48.9 Å². The van der Waals surface area contributed by atoms with E-state index in [9.17, 15) is 23.6 Å². The van der Waals surface area contributed by atoms with E-state index in [4.69, 9.17) is 0 Å². The molecule has 1 aromatic carbocycles. The molecule has 1 atom stereocenters. The summed E-state index contributed by atoms with van der Waals surface area (Å²) in [4.78, 5) is 19.8. The van der Waals surface area contributed by atoms with E-state index in [2.05, 4.69) is 9.89 Å². The van der Waals surface area contributed by atoms with Crippen molar-refractivity contribution < 1.29 is 13.5 Å². The van der Waals surface area contributed by atoms with Crippen LogP contribution in [-0.2, 0) is 9.84 Å². The van der Waals surface area contributed by atoms with Gasteiger partial charge in [-0.3, -0.25) is 14.4 Å².